The molecule has 1 unspecified atom stereocenters. The van der Waals surface area contributed by atoms with Crippen LogP contribution in [0.5, 0.6) is 0 Å². The molecule has 0 fully saturated rings. The fourth-order valence-corrected chi connectivity index (χ4v) is 10.0. The molecule has 0 saturated heterocycles. The number of unbranched alkanes of at least 4 members (excludes halogenated alkanes) is 41. The van der Waals surface area contributed by atoms with Crippen molar-refractivity contribution in [3.8, 4) is 0 Å². The fraction of sp³-hybridized carbons (Fsp3) is 0.817. The van der Waals surface area contributed by atoms with Gasteiger partial charge >= 0.3 is 17.9 Å². The van der Waals surface area contributed by atoms with Crippen LogP contribution < -0.4 is 0 Å². The van der Waals surface area contributed by atoms with Gasteiger partial charge < -0.3 is 14.2 Å². The molecule has 0 aromatic rings. The number of carbonyl (C=O) groups excluding carboxylic acids is 3. The zero-order valence-electron chi connectivity index (χ0n) is 51.5. The third-order valence-corrected chi connectivity index (χ3v) is 15.0. The number of carbonyl (C=O) groups is 3. The van der Waals surface area contributed by atoms with E-state index in [4.69, 9.17) is 14.2 Å². The van der Waals surface area contributed by atoms with E-state index in [0.29, 0.717) is 19.3 Å². The Balaban J connectivity index is 4.20. The minimum Gasteiger partial charge on any atom is -0.462 e. The molecule has 77 heavy (non-hydrogen) atoms. The number of hydrogen-bond acceptors (Lipinski definition) is 6. The summed E-state index contributed by atoms with van der Waals surface area (Å²) in [6.07, 6.45) is 83.9. The van der Waals surface area contributed by atoms with Crippen LogP contribution in [0.1, 0.15) is 355 Å². The Morgan fingerprint density at radius 3 is 0.792 bits per heavy atom. The van der Waals surface area contributed by atoms with E-state index >= 15 is 0 Å². The van der Waals surface area contributed by atoms with Gasteiger partial charge in [-0.05, 0) is 64.2 Å². The van der Waals surface area contributed by atoms with Crippen molar-refractivity contribution >= 4 is 17.9 Å². The zero-order valence-corrected chi connectivity index (χ0v) is 51.5. The molecule has 0 amide bonds. The first-order valence-corrected chi connectivity index (χ1v) is 33.8. The lowest BCUT2D eigenvalue weighted by Gasteiger charge is -2.18. The van der Waals surface area contributed by atoms with Crippen molar-refractivity contribution < 1.29 is 28.6 Å². The van der Waals surface area contributed by atoms with Crippen molar-refractivity contribution in [2.45, 2.75) is 361 Å². The molecule has 1 atom stereocenters. The lowest BCUT2D eigenvalue weighted by atomic mass is 10.0. The van der Waals surface area contributed by atoms with Crippen molar-refractivity contribution in [2.24, 2.45) is 0 Å². The van der Waals surface area contributed by atoms with Crippen LogP contribution in [-0.4, -0.2) is 37.2 Å². The van der Waals surface area contributed by atoms with Gasteiger partial charge in [0.05, 0.1) is 0 Å². The summed E-state index contributed by atoms with van der Waals surface area (Å²) in [6.45, 7) is 6.57. The molecule has 0 bridgehead atoms. The lowest BCUT2D eigenvalue weighted by Crippen LogP contribution is -2.30. The molecule has 6 heteroatoms. The minimum absolute atomic E-state index is 0.0710. The zero-order chi connectivity index (χ0) is 55.7. The Kier molecular flexibility index (Phi) is 63.2. The van der Waals surface area contributed by atoms with Gasteiger partial charge in [-0.25, -0.2) is 0 Å². The molecule has 0 spiro atoms. The third kappa shape index (κ3) is 63.8. The number of esters is 3. The Bertz CT molecular complexity index is 1380. The van der Waals surface area contributed by atoms with Crippen molar-refractivity contribution in [2.75, 3.05) is 13.2 Å². The van der Waals surface area contributed by atoms with Crippen LogP contribution in [0.3, 0.4) is 0 Å². The summed E-state index contributed by atoms with van der Waals surface area (Å²) in [5.74, 6) is -0.857. The van der Waals surface area contributed by atoms with E-state index in [1.165, 1.54) is 218 Å². The van der Waals surface area contributed by atoms with Gasteiger partial charge in [0.1, 0.15) is 13.2 Å². The minimum atomic E-state index is -0.774. The lowest BCUT2D eigenvalue weighted by molar-refractivity contribution is -0.167. The molecule has 0 heterocycles. The van der Waals surface area contributed by atoms with E-state index < -0.39 is 6.10 Å². The summed E-state index contributed by atoms with van der Waals surface area (Å²) < 4.78 is 16.9. The highest BCUT2D eigenvalue weighted by Gasteiger charge is 2.19. The summed E-state index contributed by atoms with van der Waals surface area (Å²) in [7, 11) is 0. The molecule has 6 nitrogen and oxygen atoms in total. The molecule has 448 valence electrons. The van der Waals surface area contributed by atoms with Crippen LogP contribution in [0, 0.1) is 0 Å². The normalized spacial score (nSPS) is 12.4. The van der Waals surface area contributed by atoms with Gasteiger partial charge in [-0.3, -0.25) is 14.4 Å². The first-order valence-electron chi connectivity index (χ1n) is 33.8. The van der Waals surface area contributed by atoms with E-state index in [1.54, 1.807) is 0 Å². The van der Waals surface area contributed by atoms with Crippen molar-refractivity contribution in [3.63, 3.8) is 0 Å². The van der Waals surface area contributed by atoms with Gasteiger partial charge in [-0.2, -0.15) is 0 Å². The molecule has 0 aromatic heterocycles. The Hall–Kier alpha value is -2.89. The Morgan fingerprint density at radius 2 is 0.506 bits per heavy atom. The van der Waals surface area contributed by atoms with Crippen molar-refractivity contribution in [3.05, 3.63) is 60.8 Å². The highest BCUT2D eigenvalue weighted by atomic mass is 16.6. The fourth-order valence-electron chi connectivity index (χ4n) is 10.0. The summed E-state index contributed by atoms with van der Waals surface area (Å²) >= 11 is 0. The second-order valence-corrected chi connectivity index (χ2v) is 22.7. The summed E-state index contributed by atoms with van der Waals surface area (Å²) in [6, 6.07) is 0. The van der Waals surface area contributed by atoms with Gasteiger partial charge in [0.25, 0.3) is 0 Å². The maximum Gasteiger partial charge on any atom is 0.306 e. The number of rotatable bonds is 62. The molecule has 0 aromatic carbocycles. The first-order chi connectivity index (χ1) is 38.0. The SMILES string of the molecule is CC/C=C\C/C=C\C/C=C\C/C=C\C/C=C\CCCCCCCCCCCC(=O)OCC(COC(=O)CCCCCCCCCCCC)OC(=O)CCCCCCCCCCCCCCCCCCCCCCCCCC. The molecule has 0 saturated carbocycles. The third-order valence-electron chi connectivity index (χ3n) is 15.0. The predicted octanol–water partition coefficient (Wildman–Crippen LogP) is 23.1. The monoisotopic (exact) mass is 1080 g/mol. The highest BCUT2D eigenvalue weighted by molar-refractivity contribution is 5.71. The molecule has 0 aliphatic heterocycles. The van der Waals surface area contributed by atoms with Gasteiger partial charge in [-0.1, -0.05) is 332 Å². The molecule has 0 aliphatic rings. The van der Waals surface area contributed by atoms with E-state index in [-0.39, 0.29) is 31.1 Å². The molecular formula is C71H128O6. The van der Waals surface area contributed by atoms with E-state index in [1.807, 2.05) is 0 Å². The van der Waals surface area contributed by atoms with Crippen LogP contribution in [0.25, 0.3) is 0 Å². The predicted molar refractivity (Wildman–Crippen MR) is 335 cm³/mol. The highest BCUT2D eigenvalue weighted by Crippen LogP contribution is 2.18. The van der Waals surface area contributed by atoms with Crippen LogP contribution >= 0.6 is 0 Å². The van der Waals surface area contributed by atoms with Crippen molar-refractivity contribution in [1.82, 2.24) is 0 Å². The van der Waals surface area contributed by atoms with E-state index in [9.17, 15) is 14.4 Å². The van der Waals surface area contributed by atoms with Crippen molar-refractivity contribution in [1.29, 1.82) is 0 Å². The Labute approximate surface area is 479 Å². The molecular weight excluding hydrogens is 949 g/mol. The maximum atomic E-state index is 12.9. The molecule has 0 aliphatic carbocycles. The van der Waals surface area contributed by atoms with E-state index in [2.05, 4.69) is 81.5 Å². The number of allylic oxidation sites excluding steroid dienone is 10. The van der Waals surface area contributed by atoms with Gasteiger partial charge in [-0.15, -0.1) is 0 Å². The Morgan fingerprint density at radius 1 is 0.273 bits per heavy atom. The summed E-state index contributed by atoms with van der Waals surface area (Å²) in [5.41, 5.74) is 0. The molecule has 0 radical (unpaired) electrons. The number of hydrogen-bond donors (Lipinski definition) is 0. The van der Waals surface area contributed by atoms with E-state index in [0.717, 1.165) is 96.3 Å². The maximum absolute atomic E-state index is 12.9. The standard InChI is InChI=1S/C71H128O6/c1-4-7-10-13-16-19-22-24-26-28-30-32-34-36-38-39-41-43-45-47-49-52-55-58-61-64-70(73)76-67-68(66-75-69(72)63-60-57-54-51-21-18-15-12-9-6-3)77-71(74)65-62-59-56-53-50-48-46-44-42-40-37-35-33-31-29-27-25-23-20-17-14-11-8-5-2/h7,10,16,19,24,26,30,32,36,38,68H,4-6,8-9,11-15,17-18,20-23,25,27-29,31,33-35,37,39-67H2,1-3H3/b10-7-,19-16-,26-24-,32-30-,38-36-. The average Bonchev–Trinajstić information content (AvgIpc) is 3.43. The second kappa shape index (κ2) is 65.6. The molecule has 0 rings (SSSR count). The van der Waals surface area contributed by atoms with Gasteiger partial charge in [0, 0.05) is 19.3 Å². The van der Waals surface area contributed by atoms with Crippen LogP contribution in [0.15, 0.2) is 60.8 Å². The number of ether oxygens (including phenoxy) is 3. The summed E-state index contributed by atoms with van der Waals surface area (Å²) in [5, 5.41) is 0. The smallest absolute Gasteiger partial charge is 0.306 e. The molecule has 0 N–H and O–H groups in total. The second-order valence-electron chi connectivity index (χ2n) is 22.7. The van der Waals surface area contributed by atoms with Gasteiger partial charge in [0.2, 0.25) is 0 Å². The topological polar surface area (TPSA) is 78.9 Å². The average molecular weight is 1080 g/mol. The van der Waals surface area contributed by atoms with Crippen LogP contribution in [0.4, 0.5) is 0 Å². The first kappa shape index (κ1) is 74.1. The largest absolute Gasteiger partial charge is 0.462 e. The van der Waals surface area contributed by atoms with Crippen LogP contribution in [-0.2, 0) is 28.6 Å². The van der Waals surface area contributed by atoms with Crippen LogP contribution in [0.2, 0.25) is 0 Å². The quantitative estimate of drug-likeness (QED) is 0.0261. The van der Waals surface area contributed by atoms with Gasteiger partial charge in [0.15, 0.2) is 6.10 Å². The summed E-state index contributed by atoms with van der Waals surface area (Å²) in [4.78, 5) is 38.3.